The summed E-state index contributed by atoms with van der Waals surface area (Å²) in [4.78, 5) is 4.26. The topological polar surface area (TPSA) is 32.6 Å². The van der Waals surface area contributed by atoms with Gasteiger partial charge in [-0.15, -0.1) is 0 Å². The molecule has 0 aliphatic rings. The molecule has 0 radical (unpaired) electrons. The molecule has 0 aromatic heterocycles. The number of nitrogens with zero attached hydrogens (tertiary/aromatic N) is 1. The Labute approximate surface area is 116 Å². The van der Waals surface area contributed by atoms with Gasteiger partial charge in [0.2, 0.25) is 0 Å². The van der Waals surface area contributed by atoms with Gasteiger partial charge < -0.3 is 5.11 Å². The van der Waals surface area contributed by atoms with E-state index in [1.165, 1.54) is 0 Å². The third-order valence-electron chi connectivity index (χ3n) is 2.52. The minimum absolute atomic E-state index is 0. The van der Waals surface area contributed by atoms with Gasteiger partial charge >= 0.3 is 0 Å². The van der Waals surface area contributed by atoms with E-state index < -0.39 is 5.60 Å². The zero-order chi connectivity index (χ0) is 9.78. The van der Waals surface area contributed by atoms with Crippen LogP contribution in [-0.2, 0) is 0 Å². The molecule has 0 amide bonds. The molecule has 0 aliphatic carbocycles. The first-order chi connectivity index (χ1) is 5.49. The zero-order valence-electron chi connectivity index (χ0n) is 9.39. The number of hydrogen-bond donors (Lipinski definition) is 1. The fourth-order valence-corrected chi connectivity index (χ4v) is 1.46. The first-order valence-corrected chi connectivity index (χ1v) is 4.72. The first-order valence-electron chi connectivity index (χ1n) is 4.72. The van der Waals surface area contributed by atoms with Crippen molar-refractivity contribution >= 4 is 5.71 Å². The predicted octanol–water partition coefficient (Wildman–Crippen LogP) is 2.26. The minimum Gasteiger partial charge on any atom is -0.384 e. The molecule has 2 nitrogen and oxygen atoms in total. The van der Waals surface area contributed by atoms with Crippen molar-refractivity contribution in [3.63, 3.8) is 0 Å². The van der Waals surface area contributed by atoms with Gasteiger partial charge in [0.25, 0.3) is 0 Å². The molecule has 13 heavy (non-hydrogen) atoms. The second-order valence-corrected chi connectivity index (χ2v) is 3.49. The minimum atomic E-state index is -0.698. The molecule has 1 N–H and O–H groups in total. The molecule has 0 fully saturated rings. The van der Waals surface area contributed by atoms with Gasteiger partial charge in [-0.1, -0.05) is 20.8 Å². The number of aliphatic hydroxyl groups is 1. The van der Waals surface area contributed by atoms with Crippen LogP contribution in [0, 0.1) is 47.7 Å². The maximum Gasteiger partial charge on any atom is 0.104 e. The molecular weight excluding hydrogens is 290 g/mol. The Morgan fingerprint density at radius 2 is 1.85 bits per heavy atom. The van der Waals surface area contributed by atoms with Crippen molar-refractivity contribution in [2.45, 2.75) is 46.6 Å². The van der Waals surface area contributed by atoms with E-state index in [-0.39, 0.29) is 47.7 Å². The maximum atomic E-state index is 10.2. The SMILES string of the molecule is CCN=C(C)C(O)(CC)C(C)C.[Ce]. The van der Waals surface area contributed by atoms with E-state index in [9.17, 15) is 5.11 Å². The summed E-state index contributed by atoms with van der Waals surface area (Å²) in [6, 6.07) is 0. The van der Waals surface area contributed by atoms with E-state index in [0.29, 0.717) is 0 Å². The van der Waals surface area contributed by atoms with Gasteiger partial charge in [0, 0.05) is 54.0 Å². The first kappa shape index (κ1) is 16.4. The van der Waals surface area contributed by atoms with Crippen LogP contribution in [0.4, 0.5) is 0 Å². The van der Waals surface area contributed by atoms with Crippen LogP contribution in [0.25, 0.3) is 0 Å². The zero-order valence-corrected chi connectivity index (χ0v) is 12.5. The van der Waals surface area contributed by atoms with Crippen LogP contribution < -0.4 is 0 Å². The van der Waals surface area contributed by atoms with Crippen molar-refractivity contribution in [3.8, 4) is 0 Å². The van der Waals surface area contributed by atoms with Gasteiger partial charge in [-0.25, -0.2) is 0 Å². The molecule has 0 aromatic carbocycles. The van der Waals surface area contributed by atoms with Crippen LogP contribution in [0.3, 0.4) is 0 Å². The summed E-state index contributed by atoms with van der Waals surface area (Å²) >= 11 is 0. The Morgan fingerprint density at radius 1 is 1.38 bits per heavy atom. The van der Waals surface area contributed by atoms with Gasteiger partial charge in [-0.05, 0) is 26.2 Å². The number of hydrogen-bond acceptors (Lipinski definition) is 2. The molecule has 3 heteroatoms. The molecule has 0 saturated carbocycles. The number of aliphatic imine (C=N–C) groups is 1. The monoisotopic (exact) mass is 311 g/mol. The average molecular weight is 311 g/mol. The molecule has 1 atom stereocenters. The van der Waals surface area contributed by atoms with Crippen LogP contribution in [0.2, 0.25) is 0 Å². The molecule has 0 heterocycles. The Balaban J connectivity index is 0. The van der Waals surface area contributed by atoms with Crippen LogP contribution in [0.1, 0.15) is 41.0 Å². The van der Waals surface area contributed by atoms with E-state index in [1.807, 2.05) is 34.6 Å². The standard InChI is InChI=1S/C10H21NO.Ce/c1-6-10(12,8(3)4)9(5)11-7-2;/h8,12H,6-7H2,1-5H3;. The van der Waals surface area contributed by atoms with E-state index >= 15 is 0 Å². The quantitative estimate of drug-likeness (QED) is 0.794. The molecule has 0 spiro atoms. The van der Waals surface area contributed by atoms with Crippen molar-refractivity contribution in [3.05, 3.63) is 0 Å². The van der Waals surface area contributed by atoms with E-state index in [1.54, 1.807) is 0 Å². The fraction of sp³-hybridized carbons (Fsp3) is 0.900. The van der Waals surface area contributed by atoms with E-state index in [4.69, 9.17) is 0 Å². The van der Waals surface area contributed by atoms with Gasteiger partial charge in [0.15, 0.2) is 0 Å². The average Bonchev–Trinajstić information content (AvgIpc) is 2.03. The molecule has 0 rings (SSSR count). The van der Waals surface area contributed by atoms with Gasteiger partial charge in [-0.2, -0.15) is 0 Å². The molecule has 0 bridgehead atoms. The summed E-state index contributed by atoms with van der Waals surface area (Å²) in [6.07, 6.45) is 0.736. The Bertz CT molecular complexity index is 168. The Hall–Kier alpha value is 1.01. The fourth-order valence-electron chi connectivity index (χ4n) is 1.46. The summed E-state index contributed by atoms with van der Waals surface area (Å²) in [5.74, 6) is 0.234. The molecular formula is C10H21CeNO. The molecule has 0 aliphatic heterocycles. The van der Waals surface area contributed by atoms with Crippen molar-refractivity contribution in [2.75, 3.05) is 6.54 Å². The summed E-state index contributed by atoms with van der Waals surface area (Å²) in [6.45, 7) is 10.7. The Kier molecular flexibility index (Phi) is 9.25. The van der Waals surface area contributed by atoms with Gasteiger partial charge in [-0.3, -0.25) is 4.99 Å². The molecule has 1 unspecified atom stereocenters. The van der Waals surface area contributed by atoms with Gasteiger partial charge in [0.05, 0.1) is 0 Å². The second-order valence-electron chi connectivity index (χ2n) is 3.49. The van der Waals surface area contributed by atoms with Gasteiger partial charge in [0.1, 0.15) is 5.60 Å². The smallest absolute Gasteiger partial charge is 0.104 e. The summed E-state index contributed by atoms with van der Waals surface area (Å²) in [7, 11) is 0. The van der Waals surface area contributed by atoms with Crippen molar-refractivity contribution in [1.29, 1.82) is 0 Å². The van der Waals surface area contributed by atoms with Crippen LogP contribution in [0.5, 0.6) is 0 Å². The number of rotatable bonds is 4. The predicted molar refractivity (Wildman–Crippen MR) is 53.7 cm³/mol. The third kappa shape index (κ3) is 4.36. The summed E-state index contributed by atoms with van der Waals surface area (Å²) in [5.41, 5.74) is 0.165. The van der Waals surface area contributed by atoms with Crippen molar-refractivity contribution in [1.82, 2.24) is 0 Å². The maximum absolute atomic E-state index is 10.2. The van der Waals surface area contributed by atoms with Crippen molar-refractivity contribution < 1.29 is 46.9 Å². The van der Waals surface area contributed by atoms with E-state index in [0.717, 1.165) is 18.7 Å². The second kappa shape index (κ2) is 7.32. The third-order valence-corrected chi connectivity index (χ3v) is 2.52. The molecule has 0 saturated heterocycles. The van der Waals surface area contributed by atoms with Crippen LogP contribution in [-0.4, -0.2) is 23.0 Å². The van der Waals surface area contributed by atoms with E-state index in [2.05, 4.69) is 4.99 Å². The largest absolute Gasteiger partial charge is 0.384 e. The molecule has 76 valence electrons. The van der Waals surface area contributed by atoms with Crippen LogP contribution in [0.15, 0.2) is 4.99 Å². The summed E-state index contributed by atoms with van der Waals surface area (Å²) in [5, 5.41) is 10.2. The molecule has 0 aromatic rings. The van der Waals surface area contributed by atoms with Crippen LogP contribution >= 0.6 is 0 Å². The summed E-state index contributed by atoms with van der Waals surface area (Å²) < 4.78 is 0. The normalized spacial score (nSPS) is 16.7. The Morgan fingerprint density at radius 3 is 2.08 bits per heavy atom. The van der Waals surface area contributed by atoms with Crippen molar-refractivity contribution in [2.24, 2.45) is 10.9 Å².